The van der Waals surface area contributed by atoms with Crippen molar-refractivity contribution in [2.24, 2.45) is 0 Å². The van der Waals surface area contributed by atoms with Crippen molar-refractivity contribution in [2.75, 3.05) is 33.2 Å². The topological polar surface area (TPSA) is 6.48 Å². The molecule has 1 aromatic carbocycles. The van der Waals surface area contributed by atoms with Crippen molar-refractivity contribution in [3.05, 3.63) is 34.9 Å². The molecule has 22 heavy (non-hydrogen) atoms. The van der Waals surface area contributed by atoms with Gasteiger partial charge >= 0.3 is 6.18 Å². The molecule has 124 valence electrons. The molecule has 1 aliphatic heterocycles. The molecule has 5 heteroatoms. The smallest absolute Gasteiger partial charge is 0.305 e. The van der Waals surface area contributed by atoms with Gasteiger partial charge < -0.3 is 4.90 Å². The van der Waals surface area contributed by atoms with Crippen molar-refractivity contribution in [2.45, 2.75) is 38.9 Å². The van der Waals surface area contributed by atoms with E-state index in [1.807, 2.05) is 19.9 Å². The minimum Gasteiger partial charge on any atom is -0.305 e. The zero-order chi connectivity index (χ0) is 16.3. The molecule has 0 spiro atoms. The number of hydrogen-bond donors (Lipinski definition) is 0. The molecule has 0 unspecified atom stereocenters. The van der Waals surface area contributed by atoms with Gasteiger partial charge in [0.2, 0.25) is 0 Å². The van der Waals surface area contributed by atoms with E-state index in [4.69, 9.17) is 0 Å². The first kappa shape index (κ1) is 17.3. The molecule has 0 aliphatic carbocycles. The third kappa shape index (κ3) is 4.46. The van der Waals surface area contributed by atoms with Crippen molar-refractivity contribution >= 4 is 0 Å². The van der Waals surface area contributed by atoms with Crippen molar-refractivity contribution < 1.29 is 13.2 Å². The van der Waals surface area contributed by atoms with E-state index in [1.165, 1.54) is 6.07 Å². The van der Waals surface area contributed by atoms with Gasteiger partial charge in [-0.05, 0) is 49.7 Å². The fourth-order valence-electron chi connectivity index (χ4n) is 2.85. The maximum atomic E-state index is 13.4. The number of benzene rings is 1. The predicted octanol–water partition coefficient (Wildman–Crippen LogP) is 3.97. The third-order valence-electron chi connectivity index (χ3n) is 4.31. The van der Waals surface area contributed by atoms with Crippen LogP contribution in [0.25, 0.3) is 0 Å². The zero-order valence-corrected chi connectivity index (χ0v) is 13.6. The minimum atomic E-state index is -4.29. The molecule has 0 radical (unpaired) electrons. The summed E-state index contributed by atoms with van der Waals surface area (Å²) in [5.74, 6) is 0.0991. The van der Waals surface area contributed by atoms with E-state index >= 15 is 0 Å². The molecule has 2 nitrogen and oxygen atoms in total. The lowest BCUT2D eigenvalue weighted by Crippen LogP contribution is -2.29. The molecule has 1 heterocycles. The average Bonchev–Trinajstić information content (AvgIpc) is 2.63. The van der Waals surface area contributed by atoms with Gasteiger partial charge in [0.15, 0.2) is 0 Å². The Bertz CT molecular complexity index is 497. The van der Waals surface area contributed by atoms with Crippen molar-refractivity contribution in [3.8, 4) is 0 Å². The Hall–Kier alpha value is -1.07. The predicted molar refractivity (Wildman–Crippen MR) is 82.9 cm³/mol. The summed E-state index contributed by atoms with van der Waals surface area (Å²) in [7, 11) is 2.06. The van der Waals surface area contributed by atoms with Gasteiger partial charge in [-0.25, -0.2) is 0 Å². The van der Waals surface area contributed by atoms with Crippen LogP contribution in [0.15, 0.2) is 18.2 Å². The molecule has 0 bridgehead atoms. The standard InChI is InChI=1S/C17H25F3N2/c1-13(2)14-5-6-15(16(11-14)17(18,19)20)12-22-8-4-7-21(3)9-10-22/h5-6,11,13H,4,7-10,12H2,1-3H3. The molecule has 1 aromatic rings. The van der Waals surface area contributed by atoms with Gasteiger partial charge in [-0.3, -0.25) is 4.90 Å². The lowest BCUT2D eigenvalue weighted by atomic mass is 9.96. The molecule has 0 saturated carbocycles. The number of alkyl halides is 3. The summed E-state index contributed by atoms with van der Waals surface area (Å²) in [6.45, 7) is 7.80. The summed E-state index contributed by atoms with van der Waals surface area (Å²) in [5, 5.41) is 0. The van der Waals surface area contributed by atoms with E-state index in [9.17, 15) is 13.2 Å². The van der Waals surface area contributed by atoms with Crippen LogP contribution in [-0.4, -0.2) is 43.0 Å². The summed E-state index contributed by atoms with van der Waals surface area (Å²) in [6.07, 6.45) is -3.29. The van der Waals surface area contributed by atoms with Crippen molar-refractivity contribution in [3.63, 3.8) is 0 Å². The minimum absolute atomic E-state index is 0.0991. The number of likely N-dealkylation sites (N-methyl/N-ethyl adjacent to an activating group) is 1. The maximum absolute atomic E-state index is 13.4. The van der Waals surface area contributed by atoms with Crippen LogP contribution in [0.2, 0.25) is 0 Å². The van der Waals surface area contributed by atoms with Crippen LogP contribution >= 0.6 is 0 Å². The average molecular weight is 314 g/mol. The summed E-state index contributed by atoms with van der Waals surface area (Å²) in [5.41, 5.74) is 0.657. The largest absolute Gasteiger partial charge is 0.416 e. The summed E-state index contributed by atoms with van der Waals surface area (Å²) >= 11 is 0. The van der Waals surface area contributed by atoms with Crippen LogP contribution in [0.3, 0.4) is 0 Å². The van der Waals surface area contributed by atoms with Gasteiger partial charge in [0.25, 0.3) is 0 Å². The molecule has 1 aliphatic rings. The van der Waals surface area contributed by atoms with E-state index in [1.54, 1.807) is 6.07 Å². The molecule has 1 fully saturated rings. The Labute approximate surface area is 130 Å². The highest BCUT2D eigenvalue weighted by molar-refractivity contribution is 5.35. The van der Waals surface area contributed by atoms with Crippen LogP contribution < -0.4 is 0 Å². The molecular weight excluding hydrogens is 289 g/mol. The summed E-state index contributed by atoms with van der Waals surface area (Å²) in [4.78, 5) is 4.36. The van der Waals surface area contributed by atoms with Crippen LogP contribution in [0.1, 0.15) is 42.9 Å². The second kappa shape index (κ2) is 7.01. The summed E-state index contributed by atoms with van der Waals surface area (Å²) in [6, 6.07) is 4.82. The normalized spacial score (nSPS) is 18.7. The van der Waals surface area contributed by atoms with Crippen LogP contribution in [0.4, 0.5) is 13.2 Å². The zero-order valence-electron chi connectivity index (χ0n) is 13.6. The summed E-state index contributed by atoms with van der Waals surface area (Å²) < 4.78 is 40.1. The van der Waals surface area contributed by atoms with E-state index in [0.717, 1.165) is 38.2 Å². The second-order valence-electron chi connectivity index (χ2n) is 6.50. The van der Waals surface area contributed by atoms with Crippen molar-refractivity contribution in [1.82, 2.24) is 9.80 Å². The van der Waals surface area contributed by atoms with E-state index in [0.29, 0.717) is 12.1 Å². The van der Waals surface area contributed by atoms with Gasteiger partial charge in [0.1, 0.15) is 0 Å². The lowest BCUT2D eigenvalue weighted by molar-refractivity contribution is -0.138. The first-order valence-corrected chi connectivity index (χ1v) is 7.88. The molecule has 0 amide bonds. The van der Waals surface area contributed by atoms with Crippen molar-refractivity contribution in [1.29, 1.82) is 0 Å². The fourth-order valence-corrected chi connectivity index (χ4v) is 2.85. The van der Waals surface area contributed by atoms with Crippen LogP contribution in [0, 0.1) is 0 Å². The van der Waals surface area contributed by atoms with Crippen LogP contribution in [-0.2, 0) is 12.7 Å². The van der Waals surface area contributed by atoms with Gasteiger partial charge in [-0.2, -0.15) is 13.2 Å². The monoisotopic (exact) mass is 314 g/mol. The Kier molecular flexibility index (Phi) is 5.50. The highest BCUT2D eigenvalue weighted by atomic mass is 19.4. The van der Waals surface area contributed by atoms with Gasteiger partial charge in [0.05, 0.1) is 5.56 Å². The second-order valence-corrected chi connectivity index (χ2v) is 6.50. The molecule has 2 rings (SSSR count). The molecule has 0 atom stereocenters. The van der Waals surface area contributed by atoms with Gasteiger partial charge in [-0.15, -0.1) is 0 Å². The number of halogens is 3. The first-order chi connectivity index (χ1) is 10.3. The number of rotatable bonds is 3. The number of hydrogen-bond acceptors (Lipinski definition) is 2. The Morgan fingerprint density at radius 3 is 2.45 bits per heavy atom. The highest BCUT2D eigenvalue weighted by Gasteiger charge is 2.34. The first-order valence-electron chi connectivity index (χ1n) is 7.88. The van der Waals surface area contributed by atoms with Crippen LogP contribution in [0.5, 0.6) is 0 Å². The lowest BCUT2D eigenvalue weighted by Gasteiger charge is -2.23. The third-order valence-corrected chi connectivity index (χ3v) is 4.31. The van der Waals surface area contributed by atoms with E-state index < -0.39 is 11.7 Å². The molecule has 0 N–H and O–H groups in total. The van der Waals surface area contributed by atoms with Gasteiger partial charge in [0, 0.05) is 19.6 Å². The number of nitrogens with zero attached hydrogens (tertiary/aromatic N) is 2. The Morgan fingerprint density at radius 2 is 1.82 bits per heavy atom. The van der Waals surface area contributed by atoms with E-state index in [2.05, 4.69) is 16.8 Å². The van der Waals surface area contributed by atoms with Gasteiger partial charge in [-0.1, -0.05) is 26.0 Å². The molecule has 1 saturated heterocycles. The highest BCUT2D eigenvalue weighted by Crippen LogP contribution is 2.34. The SMILES string of the molecule is CC(C)c1ccc(CN2CCCN(C)CC2)c(C(F)(F)F)c1. The Morgan fingerprint density at radius 1 is 1.09 bits per heavy atom. The Balaban J connectivity index is 2.22. The quantitative estimate of drug-likeness (QED) is 0.833. The van der Waals surface area contributed by atoms with E-state index in [-0.39, 0.29) is 5.92 Å². The maximum Gasteiger partial charge on any atom is 0.416 e. The molecule has 0 aromatic heterocycles. The fraction of sp³-hybridized carbons (Fsp3) is 0.647. The molecular formula is C17H25F3N2.